The first-order valence-corrected chi connectivity index (χ1v) is 10.4. The summed E-state index contributed by atoms with van der Waals surface area (Å²) in [6.45, 7) is 3.89. The van der Waals surface area contributed by atoms with E-state index in [9.17, 15) is 13.5 Å². The Bertz CT molecular complexity index is 977. The van der Waals surface area contributed by atoms with Crippen LogP contribution >= 0.6 is 11.3 Å². The average molecular weight is 392 g/mol. The Morgan fingerprint density at radius 2 is 1.88 bits per heavy atom. The fourth-order valence-electron chi connectivity index (χ4n) is 2.87. The number of aromatic amines is 1. The fourth-order valence-corrected chi connectivity index (χ4v) is 5.02. The van der Waals surface area contributed by atoms with E-state index in [-0.39, 0.29) is 10.1 Å². The van der Waals surface area contributed by atoms with Crippen LogP contribution in [0.4, 0.5) is 0 Å². The summed E-state index contributed by atoms with van der Waals surface area (Å²) in [4.78, 5) is 7.86. The molecule has 0 radical (unpaired) electrons. The van der Waals surface area contributed by atoms with Crippen LogP contribution in [0.3, 0.4) is 0 Å². The van der Waals surface area contributed by atoms with Crippen molar-refractivity contribution in [2.24, 2.45) is 5.92 Å². The maximum Gasteiger partial charge on any atom is 0.249 e. The van der Waals surface area contributed by atoms with Crippen LogP contribution in [-0.2, 0) is 15.6 Å². The highest BCUT2D eigenvalue weighted by atomic mass is 32.2. The van der Waals surface area contributed by atoms with Crippen LogP contribution in [0.1, 0.15) is 25.1 Å². The Hall–Kier alpha value is -2.00. The summed E-state index contributed by atoms with van der Waals surface area (Å²) in [6.07, 6.45) is 3.18. The minimum Gasteiger partial charge on any atom is -0.379 e. The third-order valence-corrected chi connectivity index (χ3v) is 7.51. The molecule has 3 aromatic rings. The van der Waals surface area contributed by atoms with E-state index in [1.54, 1.807) is 24.7 Å². The van der Waals surface area contributed by atoms with Crippen molar-refractivity contribution in [1.82, 2.24) is 14.7 Å². The molecule has 1 aromatic carbocycles. The van der Waals surface area contributed by atoms with Gasteiger partial charge in [0.25, 0.3) is 0 Å². The summed E-state index contributed by atoms with van der Waals surface area (Å²) in [5.41, 5.74) is 1.11. The Morgan fingerprint density at radius 1 is 1.19 bits per heavy atom. The predicted molar refractivity (Wildman–Crippen MR) is 102 cm³/mol. The van der Waals surface area contributed by atoms with E-state index >= 15 is 0 Å². The van der Waals surface area contributed by atoms with Gasteiger partial charge in [0.1, 0.15) is 9.81 Å². The van der Waals surface area contributed by atoms with E-state index < -0.39 is 15.6 Å². The highest BCUT2D eigenvalue weighted by Gasteiger charge is 2.36. The van der Waals surface area contributed by atoms with Gasteiger partial charge in [-0.25, -0.2) is 18.1 Å². The lowest BCUT2D eigenvalue weighted by Gasteiger charge is -2.31. The van der Waals surface area contributed by atoms with Crippen LogP contribution in [0.15, 0.2) is 53.1 Å². The second kappa shape index (κ2) is 6.96. The quantitative estimate of drug-likeness (QED) is 0.602. The zero-order chi connectivity index (χ0) is 18.9. The first kappa shape index (κ1) is 18.8. The molecule has 6 nitrogen and oxygen atoms in total. The van der Waals surface area contributed by atoms with Gasteiger partial charge in [-0.3, -0.25) is 0 Å². The van der Waals surface area contributed by atoms with Gasteiger partial charge in [-0.2, -0.15) is 0 Å². The topological polar surface area (TPSA) is 95.1 Å². The number of thiophene rings is 1. The number of hydrogen-bond donors (Lipinski definition) is 3. The maximum atomic E-state index is 11.9. The van der Waals surface area contributed by atoms with Gasteiger partial charge in [-0.1, -0.05) is 38.1 Å². The first-order valence-electron chi connectivity index (χ1n) is 8.14. The van der Waals surface area contributed by atoms with E-state index in [0.717, 1.165) is 16.0 Å². The molecule has 0 amide bonds. The molecular formula is C18H21N3O3S2. The predicted octanol–water partition coefficient (Wildman–Crippen LogP) is 2.94. The standard InChI is InChI=1S/C18H21N3O3S2/c1-12(2)18(22,16-10-20-11-21-16)14-6-4-13(5-7-14)15-8-9-17(25-15)26(23,24)19-3/h4-12,19,22H,1-3H3,(H,20,21). The summed E-state index contributed by atoms with van der Waals surface area (Å²) >= 11 is 1.21. The molecule has 1 unspecified atom stereocenters. The third-order valence-electron chi connectivity index (χ3n) is 4.47. The van der Waals surface area contributed by atoms with Gasteiger partial charge in [0, 0.05) is 4.88 Å². The third kappa shape index (κ3) is 3.21. The molecule has 0 aliphatic heterocycles. The Morgan fingerprint density at radius 3 is 2.42 bits per heavy atom. The number of nitrogens with zero attached hydrogens (tertiary/aromatic N) is 1. The Kier molecular flexibility index (Phi) is 5.03. The molecular weight excluding hydrogens is 370 g/mol. The normalized spacial score (nSPS) is 14.5. The SMILES string of the molecule is CNS(=O)(=O)c1ccc(-c2ccc(C(O)(c3cnc[nH]3)C(C)C)cc2)s1. The van der Waals surface area contributed by atoms with E-state index in [0.29, 0.717) is 5.69 Å². The van der Waals surface area contributed by atoms with Crippen LogP contribution in [-0.4, -0.2) is 30.5 Å². The number of aliphatic hydroxyl groups is 1. The Balaban J connectivity index is 1.96. The summed E-state index contributed by atoms with van der Waals surface area (Å²) in [5, 5.41) is 11.3. The van der Waals surface area contributed by atoms with Crippen molar-refractivity contribution in [3.63, 3.8) is 0 Å². The lowest BCUT2D eigenvalue weighted by Crippen LogP contribution is -2.33. The lowest BCUT2D eigenvalue weighted by atomic mass is 9.81. The molecule has 0 fully saturated rings. The molecule has 3 rings (SSSR count). The van der Waals surface area contributed by atoms with E-state index in [1.165, 1.54) is 18.4 Å². The fraction of sp³-hybridized carbons (Fsp3) is 0.278. The molecule has 0 aliphatic rings. The van der Waals surface area contributed by atoms with Gasteiger partial charge < -0.3 is 10.1 Å². The molecule has 0 saturated carbocycles. The van der Waals surface area contributed by atoms with Crippen molar-refractivity contribution in [2.75, 3.05) is 7.05 Å². The van der Waals surface area contributed by atoms with Gasteiger partial charge in [-0.15, -0.1) is 11.3 Å². The van der Waals surface area contributed by atoms with Crippen molar-refractivity contribution in [3.8, 4) is 10.4 Å². The van der Waals surface area contributed by atoms with Crippen molar-refractivity contribution in [2.45, 2.75) is 23.7 Å². The number of imidazole rings is 1. The molecule has 0 aliphatic carbocycles. The van der Waals surface area contributed by atoms with Crippen molar-refractivity contribution >= 4 is 21.4 Å². The first-order chi connectivity index (χ1) is 12.3. The van der Waals surface area contributed by atoms with Crippen LogP contribution in [0.2, 0.25) is 0 Å². The van der Waals surface area contributed by atoms with Gasteiger partial charge in [-0.05, 0) is 36.2 Å². The minimum atomic E-state index is -3.44. The monoisotopic (exact) mass is 391 g/mol. The molecule has 26 heavy (non-hydrogen) atoms. The molecule has 8 heteroatoms. The zero-order valence-electron chi connectivity index (χ0n) is 14.7. The van der Waals surface area contributed by atoms with Crippen LogP contribution in [0.25, 0.3) is 10.4 Å². The second-order valence-corrected chi connectivity index (χ2v) is 9.49. The molecule has 2 aromatic heterocycles. The van der Waals surface area contributed by atoms with Crippen molar-refractivity contribution in [3.05, 3.63) is 60.2 Å². The number of sulfonamides is 1. The summed E-state index contributed by atoms with van der Waals surface area (Å²) in [6, 6.07) is 10.9. The van der Waals surface area contributed by atoms with Crippen LogP contribution in [0, 0.1) is 5.92 Å². The van der Waals surface area contributed by atoms with E-state index in [4.69, 9.17) is 0 Å². The molecule has 1 atom stereocenters. The largest absolute Gasteiger partial charge is 0.379 e. The van der Waals surface area contributed by atoms with Gasteiger partial charge in [0.05, 0.1) is 18.2 Å². The number of nitrogens with one attached hydrogen (secondary N) is 2. The Labute approximate surface area is 157 Å². The maximum absolute atomic E-state index is 11.9. The van der Waals surface area contributed by atoms with Gasteiger partial charge >= 0.3 is 0 Å². The van der Waals surface area contributed by atoms with E-state index in [2.05, 4.69) is 14.7 Å². The lowest BCUT2D eigenvalue weighted by molar-refractivity contribution is 0.0279. The second-order valence-electron chi connectivity index (χ2n) is 6.29. The molecule has 0 saturated heterocycles. The highest BCUT2D eigenvalue weighted by Crippen LogP contribution is 2.37. The van der Waals surface area contributed by atoms with E-state index in [1.807, 2.05) is 38.1 Å². The van der Waals surface area contributed by atoms with Gasteiger partial charge in [0.2, 0.25) is 10.0 Å². The van der Waals surface area contributed by atoms with Crippen molar-refractivity contribution in [1.29, 1.82) is 0 Å². The number of rotatable bonds is 6. The number of H-pyrrole nitrogens is 1. The zero-order valence-corrected chi connectivity index (χ0v) is 16.4. The summed E-state index contributed by atoms with van der Waals surface area (Å²) in [7, 11) is -2.05. The summed E-state index contributed by atoms with van der Waals surface area (Å²) in [5.74, 6) is -0.0667. The molecule has 0 bridgehead atoms. The minimum absolute atomic E-state index is 0.0667. The number of hydrogen-bond acceptors (Lipinski definition) is 5. The van der Waals surface area contributed by atoms with Crippen LogP contribution in [0.5, 0.6) is 0 Å². The molecule has 0 spiro atoms. The van der Waals surface area contributed by atoms with Crippen LogP contribution < -0.4 is 4.72 Å². The van der Waals surface area contributed by atoms with Crippen molar-refractivity contribution < 1.29 is 13.5 Å². The summed E-state index contributed by atoms with van der Waals surface area (Å²) < 4.78 is 26.4. The highest BCUT2D eigenvalue weighted by molar-refractivity contribution is 7.91. The molecule has 3 N–H and O–H groups in total. The smallest absolute Gasteiger partial charge is 0.249 e. The average Bonchev–Trinajstić information content (AvgIpc) is 3.33. The van der Waals surface area contributed by atoms with Gasteiger partial charge in [0.15, 0.2) is 0 Å². The molecule has 2 heterocycles. The number of benzene rings is 1. The number of aromatic nitrogens is 2. The molecule has 138 valence electrons.